The van der Waals surface area contributed by atoms with E-state index in [-0.39, 0.29) is 11.3 Å². The van der Waals surface area contributed by atoms with Gasteiger partial charge in [0.25, 0.3) is 0 Å². The molecule has 17 heavy (non-hydrogen) atoms. The van der Waals surface area contributed by atoms with Crippen molar-refractivity contribution in [1.29, 1.82) is 5.26 Å². The second kappa shape index (κ2) is 5.04. The molecule has 92 valence electrons. The predicted molar refractivity (Wildman–Crippen MR) is 51.8 cm³/mol. The Kier molecular flexibility index (Phi) is 3.94. The van der Waals surface area contributed by atoms with Crippen LogP contribution in [0.5, 0.6) is 5.75 Å². The molecular weight excluding hydrogens is 238 g/mol. The number of aryl methyl sites for hydroxylation is 1. The molecule has 0 N–H and O–H groups in total. The van der Waals surface area contributed by atoms with Gasteiger partial charge in [0.15, 0.2) is 17.5 Å². The Bertz CT molecular complexity index is 436. The van der Waals surface area contributed by atoms with E-state index in [0.717, 1.165) is 6.07 Å². The fraction of sp³-hybridized carbons (Fsp3) is 0.364. The highest BCUT2D eigenvalue weighted by atomic mass is 19.4. The summed E-state index contributed by atoms with van der Waals surface area (Å²) in [6.45, 7) is 0.550. The van der Waals surface area contributed by atoms with Crippen molar-refractivity contribution in [2.24, 2.45) is 5.92 Å². The lowest BCUT2D eigenvalue weighted by molar-refractivity contribution is -0.165. The molecule has 6 heteroatoms. The van der Waals surface area contributed by atoms with Gasteiger partial charge in [0.1, 0.15) is 6.61 Å². The summed E-state index contributed by atoms with van der Waals surface area (Å²) in [5, 5.41) is 8.32. The van der Waals surface area contributed by atoms with Gasteiger partial charge in [-0.2, -0.15) is 18.4 Å². The van der Waals surface area contributed by atoms with E-state index in [1.165, 1.54) is 25.1 Å². The van der Waals surface area contributed by atoms with Crippen molar-refractivity contribution in [2.45, 2.75) is 13.1 Å². The van der Waals surface area contributed by atoms with Crippen LogP contribution in [0.4, 0.5) is 17.6 Å². The van der Waals surface area contributed by atoms with Crippen LogP contribution in [0.2, 0.25) is 0 Å². The first kappa shape index (κ1) is 13.3. The van der Waals surface area contributed by atoms with Crippen molar-refractivity contribution < 1.29 is 22.3 Å². The maximum absolute atomic E-state index is 13.4. The molecule has 0 aliphatic carbocycles. The van der Waals surface area contributed by atoms with E-state index in [2.05, 4.69) is 4.74 Å². The number of halogens is 4. The van der Waals surface area contributed by atoms with E-state index >= 15 is 0 Å². The molecule has 1 rings (SSSR count). The molecule has 0 bridgehead atoms. The zero-order chi connectivity index (χ0) is 13.1. The second-order valence-corrected chi connectivity index (χ2v) is 3.42. The minimum Gasteiger partial charge on any atom is -0.489 e. The number of benzene rings is 1. The summed E-state index contributed by atoms with van der Waals surface area (Å²) in [6.07, 6.45) is -4.67. The van der Waals surface area contributed by atoms with Gasteiger partial charge in [-0.3, -0.25) is 0 Å². The normalized spacial score (nSPS) is 12.9. The monoisotopic (exact) mass is 247 g/mol. The van der Waals surface area contributed by atoms with Gasteiger partial charge < -0.3 is 4.74 Å². The van der Waals surface area contributed by atoms with Crippen LogP contribution in [-0.2, 0) is 0 Å². The van der Waals surface area contributed by atoms with Gasteiger partial charge >= 0.3 is 6.18 Å². The van der Waals surface area contributed by atoms with Gasteiger partial charge in [0.2, 0.25) is 0 Å². The fourth-order valence-corrected chi connectivity index (χ4v) is 1.11. The third-order valence-corrected chi connectivity index (χ3v) is 2.11. The highest BCUT2D eigenvalue weighted by Gasteiger charge is 2.40. The van der Waals surface area contributed by atoms with Crippen molar-refractivity contribution in [2.75, 3.05) is 6.61 Å². The maximum Gasteiger partial charge on any atom is 0.407 e. The molecule has 1 atom stereocenters. The van der Waals surface area contributed by atoms with Gasteiger partial charge in [0.05, 0.1) is 6.07 Å². The van der Waals surface area contributed by atoms with Crippen molar-refractivity contribution in [1.82, 2.24) is 0 Å². The number of hydrogen-bond donors (Lipinski definition) is 0. The van der Waals surface area contributed by atoms with E-state index in [4.69, 9.17) is 5.26 Å². The number of ether oxygens (including phenoxy) is 1. The van der Waals surface area contributed by atoms with E-state index < -0.39 is 24.5 Å². The van der Waals surface area contributed by atoms with Gasteiger partial charge in [-0.05, 0) is 18.6 Å². The first-order valence-corrected chi connectivity index (χ1v) is 4.70. The summed E-state index contributed by atoms with van der Waals surface area (Å²) in [4.78, 5) is 0. The molecule has 0 saturated heterocycles. The minimum absolute atomic E-state index is 0.267. The first-order valence-electron chi connectivity index (χ1n) is 4.70. The maximum atomic E-state index is 13.4. The Labute approximate surface area is 95.4 Å². The zero-order valence-corrected chi connectivity index (χ0v) is 8.88. The molecule has 0 fully saturated rings. The number of rotatable bonds is 3. The third-order valence-electron chi connectivity index (χ3n) is 2.11. The van der Waals surface area contributed by atoms with Crippen LogP contribution in [0.15, 0.2) is 18.2 Å². The van der Waals surface area contributed by atoms with Crippen LogP contribution < -0.4 is 4.74 Å². The van der Waals surface area contributed by atoms with Crippen LogP contribution in [-0.4, -0.2) is 12.8 Å². The molecule has 0 radical (unpaired) electrons. The molecule has 0 aliphatic heterocycles. The molecule has 0 amide bonds. The lowest BCUT2D eigenvalue weighted by atomic mass is 10.2. The van der Waals surface area contributed by atoms with Crippen molar-refractivity contribution >= 4 is 0 Å². The summed E-state index contributed by atoms with van der Waals surface area (Å²) >= 11 is 0. The molecule has 2 nitrogen and oxygen atoms in total. The lowest BCUT2D eigenvalue weighted by Crippen LogP contribution is -2.27. The largest absolute Gasteiger partial charge is 0.489 e. The van der Waals surface area contributed by atoms with E-state index in [1.54, 1.807) is 0 Å². The van der Waals surface area contributed by atoms with Gasteiger partial charge in [-0.15, -0.1) is 0 Å². The predicted octanol–water partition coefficient (Wildman–Crippen LogP) is 3.22. The van der Waals surface area contributed by atoms with Crippen LogP contribution in [0.1, 0.15) is 5.56 Å². The standard InChI is InChI=1S/C11H9F4NO/c1-7-3-2-4-9(10(7)12)17-6-8(5-16)11(13,14)15/h2-4,8H,6H2,1H3. The van der Waals surface area contributed by atoms with Crippen LogP contribution in [0.3, 0.4) is 0 Å². The summed E-state index contributed by atoms with van der Waals surface area (Å²) in [6, 6.07) is 5.22. The molecule has 0 heterocycles. The molecule has 1 aromatic rings. The average molecular weight is 247 g/mol. The SMILES string of the molecule is Cc1cccc(OCC(C#N)C(F)(F)F)c1F. The van der Waals surface area contributed by atoms with E-state index in [9.17, 15) is 17.6 Å². The number of hydrogen-bond acceptors (Lipinski definition) is 2. The van der Waals surface area contributed by atoms with Crippen LogP contribution in [0.25, 0.3) is 0 Å². The Morgan fingerprint density at radius 2 is 2.06 bits per heavy atom. The Balaban J connectivity index is 2.74. The van der Waals surface area contributed by atoms with Gasteiger partial charge in [-0.25, -0.2) is 4.39 Å². The van der Waals surface area contributed by atoms with Crippen molar-refractivity contribution in [3.63, 3.8) is 0 Å². The number of nitriles is 1. The molecule has 1 aromatic carbocycles. The Hall–Kier alpha value is -1.77. The average Bonchev–Trinajstić information content (AvgIpc) is 2.23. The number of nitrogens with zero attached hydrogens (tertiary/aromatic N) is 1. The second-order valence-electron chi connectivity index (χ2n) is 3.42. The zero-order valence-electron chi connectivity index (χ0n) is 8.88. The quantitative estimate of drug-likeness (QED) is 0.768. The molecule has 0 saturated carbocycles. The van der Waals surface area contributed by atoms with Crippen molar-refractivity contribution in [3.05, 3.63) is 29.6 Å². The van der Waals surface area contributed by atoms with Gasteiger partial charge in [0, 0.05) is 0 Å². The fourth-order valence-electron chi connectivity index (χ4n) is 1.11. The first-order chi connectivity index (χ1) is 7.86. The summed E-state index contributed by atoms with van der Waals surface area (Å²) in [5.74, 6) is -3.26. The van der Waals surface area contributed by atoms with Crippen LogP contribution in [0, 0.1) is 30.0 Å². The molecule has 0 aliphatic rings. The lowest BCUT2D eigenvalue weighted by Gasteiger charge is -2.14. The summed E-state index contributed by atoms with van der Waals surface area (Å²) in [7, 11) is 0. The van der Waals surface area contributed by atoms with Crippen LogP contribution >= 0.6 is 0 Å². The van der Waals surface area contributed by atoms with Crippen molar-refractivity contribution in [3.8, 4) is 11.8 Å². The number of alkyl halides is 3. The summed E-state index contributed by atoms with van der Waals surface area (Å²) < 4.78 is 54.7. The topological polar surface area (TPSA) is 33.0 Å². The highest BCUT2D eigenvalue weighted by Crippen LogP contribution is 2.27. The molecule has 0 aromatic heterocycles. The highest BCUT2D eigenvalue weighted by molar-refractivity contribution is 5.30. The molecular formula is C11H9F4NO. The van der Waals surface area contributed by atoms with E-state index in [1.807, 2.05) is 0 Å². The van der Waals surface area contributed by atoms with E-state index in [0.29, 0.717) is 0 Å². The Morgan fingerprint density at radius 1 is 1.41 bits per heavy atom. The third kappa shape index (κ3) is 3.34. The molecule has 0 spiro atoms. The minimum atomic E-state index is -4.67. The molecule has 1 unspecified atom stereocenters. The smallest absolute Gasteiger partial charge is 0.407 e. The Morgan fingerprint density at radius 3 is 2.59 bits per heavy atom. The van der Waals surface area contributed by atoms with Gasteiger partial charge in [-0.1, -0.05) is 12.1 Å². The summed E-state index contributed by atoms with van der Waals surface area (Å²) in [5.41, 5.74) is 0.267.